The molecule has 2 fully saturated rings. The van der Waals surface area contributed by atoms with Crippen LogP contribution in [0.2, 0.25) is 0 Å². The molecule has 2 amide bonds. The van der Waals surface area contributed by atoms with Gasteiger partial charge in [-0.05, 0) is 37.8 Å². The number of hydrogen-bond acceptors (Lipinski definition) is 6. The van der Waals surface area contributed by atoms with E-state index in [1.54, 1.807) is 19.3 Å². The number of carbonyl (C=O) groups excluding carboxylic acids is 2. The van der Waals surface area contributed by atoms with Crippen LogP contribution in [0.1, 0.15) is 44.2 Å². The molecule has 4 rings (SSSR count). The minimum Gasteiger partial charge on any atom is -0.363 e. The summed E-state index contributed by atoms with van der Waals surface area (Å²) in [6.07, 6.45) is 7.00. The lowest BCUT2D eigenvalue weighted by atomic mass is 9.90. The van der Waals surface area contributed by atoms with E-state index in [4.69, 9.17) is 9.97 Å². The van der Waals surface area contributed by atoms with E-state index in [2.05, 4.69) is 4.98 Å². The van der Waals surface area contributed by atoms with E-state index in [0.717, 1.165) is 49.3 Å². The van der Waals surface area contributed by atoms with Crippen LogP contribution in [0.25, 0.3) is 11.4 Å². The summed E-state index contributed by atoms with van der Waals surface area (Å²) in [5.41, 5.74) is 1.87. The molecule has 0 N–H and O–H groups in total. The number of anilines is 1. The monoisotopic (exact) mass is 436 g/mol. The first-order valence-corrected chi connectivity index (χ1v) is 11.4. The van der Waals surface area contributed by atoms with E-state index in [9.17, 15) is 9.59 Å². The molecule has 4 heterocycles. The number of likely N-dealkylation sites (tertiary alicyclic amines) is 2. The summed E-state index contributed by atoms with van der Waals surface area (Å²) >= 11 is 0. The Hall–Kier alpha value is -3.03. The van der Waals surface area contributed by atoms with Crippen molar-refractivity contribution in [3.63, 3.8) is 0 Å². The van der Waals surface area contributed by atoms with E-state index in [0.29, 0.717) is 25.5 Å². The van der Waals surface area contributed by atoms with Crippen LogP contribution in [-0.4, -0.2) is 76.8 Å². The molecule has 32 heavy (non-hydrogen) atoms. The van der Waals surface area contributed by atoms with Gasteiger partial charge in [-0.3, -0.25) is 14.6 Å². The second kappa shape index (κ2) is 9.63. The van der Waals surface area contributed by atoms with Crippen molar-refractivity contribution >= 4 is 17.6 Å². The molecule has 0 spiro atoms. The Labute approximate surface area is 189 Å². The number of rotatable bonds is 4. The van der Waals surface area contributed by atoms with Crippen LogP contribution in [0.3, 0.4) is 0 Å². The first-order valence-electron chi connectivity index (χ1n) is 11.4. The Morgan fingerprint density at radius 1 is 1.06 bits per heavy atom. The van der Waals surface area contributed by atoms with Gasteiger partial charge in [-0.2, -0.15) is 0 Å². The first-order chi connectivity index (χ1) is 15.4. The fourth-order valence-corrected chi connectivity index (χ4v) is 4.63. The van der Waals surface area contributed by atoms with Gasteiger partial charge >= 0.3 is 0 Å². The maximum absolute atomic E-state index is 13.2. The normalized spacial score (nSPS) is 19.7. The van der Waals surface area contributed by atoms with Crippen molar-refractivity contribution in [1.29, 1.82) is 0 Å². The molecule has 0 saturated carbocycles. The highest BCUT2D eigenvalue weighted by Crippen LogP contribution is 2.31. The second-order valence-electron chi connectivity index (χ2n) is 9.01. The maximum atomic E-state index is 13.2. The average Bonchev–Trinajstić information content (AvgIpc) is 2.84. The van der Waals surface area contributed by atoms with Crippen LogP contribution in [-0.2, 0) is 9.59 Å². The third-order valence-electron chi connectivity index (χ3n) is 6.55. The number of aromatic nitrogens is 3. The Morgan fingerprint density at radius 2 is 1.84 bits per heavy atom. The number of nitrogens with zero attached hydrogens (tertiary/aromatic N) is 6. The number of hydrogen-bond donors (Lipinski definition) is 0. The molecular formula is C24H32N6O2. The molecule has 2 aliphatic heterocycles. The van der Waals surface area contributed by atoms with Crippen LogP contribution < -0.4 is 4.90 Å². The van der Waals surface area contributed by atoms with Crippen LogP contribution in [0, 0.1) is 5.92 Å². The molecule has 0 aromatic carbocycles. The molecule has 0 unspecified atom stereocenters. The third-order valence-corrected chi connectivity index (χ3v) is 6.55. The van der Waals surface area contributed by atoms with E-state index in [1.165, 1.54) is 0 Å². The molecule has 8 nitrogen and oxygen atoms in total. The lowest BCUT2D eigenvalue weighted by Gasteiger charge is -2.37. The standard InChI is InChI=1S/C24H32N6O2/c1-17(31)29-12-8-18(9-13-29)24(32)30-11-5-7-20(16-30)21-14-22(28(2)3)27-23(26-21)19-6-4-10-25-15-19/h4,6,10,14-15,18,20H,5,7-9,11-13,16H2,1-3H3/t20-/m1/s1. The minimum atomic E-state index is 0.0121. The number of pyridine rings is 1. The number of amides is 2. The molecular weight excluding hydrogens is 404 g/mol. The summed E-state index contributed by atoms with van der Waals surface area (Å²) in [5, 5.41) is 0. The summed E-state index contributed by atoms with van der Waals surface area (Å²) in [4.78, 5) is 44.5. The predicted molar refractivity (Wildman–Crippen MR) is 123 cm³/mol. The molecule has 1 atom stereocenters. The van der Waals surface area contributed by atoms with Gasteiger partial charge in [-0.15, -0.1) is 0 Å². The molecule has 170 valence electrons. The van der Waals surface area contributed by atoms with Crippen molar-refractivity contribution in [2.75, 3.05) is 45.2 Å². The number of carbonyl (C=O) groups is 2. The fourth-order valence-electron chi connectivity index (χ4n) is 4.63. The summed E-state index contributed by atoms with van der Waals surface area (Å²) in [5.74, 6) is 2.04. The summed E-state index contributed by atoms with van der Waals surface area (Å²) < 4.78 is 0. The van der Waals surface area contributed by atoms with Gasteiger partial charge in [0.05, 0.1) is 5.69 Å². The van der Waals surface area contributed by atoms with Gasteiger partial charge in [0, 0.05) is 83.1 Å². The largest absolute Gasteiger partial charge is 0.363 e. The zero-order valence-electron chi connectivity index (χ0n) is 19.2. The van der Waals surface area contributed by atoms with Crippen molar-refractivity contribution in [1.82, 2.24) is 24.8 Å². The Kier molecular flexibility index (Phi) is 6.67. The molecule has 0 aliphatic carbocycles. The van der Waals surface area contributed by atoms with Crippen molar-refractivity contribution in [2.45, 2.75) is 38.5 Å². The third kappa shape index (κ3) is 4.89. The van der Waals surface area contributed by atoms with Gasteiger partial charge in [-0.25, -0.2) is 9.97 Å². The van der Waals surface area contributed by atoms with Crippen molar-refractivity contribution < 1.29 is 9.59 Å². The molecule has 2 aromatic heterocycles. The molecule has 0 bridgehead atoms. The van der Waals surface area contributed by atoms with E-state index in [-0.39, 0.29) is 23.7 Å². The predicted octanol–water partition coefficient (Wildman–Crippen LogP) is 2.57. The van der Waals surface area contributed by atoms with E-state index in [1.807, 2.05) is 47.0 Å². The highest BCUT2D eigenvalue weighted by atomic mass is 16.2. The highest BCUT2D eigenvalue weighted by Gasteiger charge is 2.33. The quantitative estimate of drug-likeness (QED) is 0.733. The zero-order valence-corrected chi connectivity index (χ0v) is 19.2. The van der Waals surface area contributed by atoms with Gasteiger partial charge < -0.3 is 14.7 Å². The van der Waals surface area contributed by atoms with Crippen LogP contribution in [0.15, 0.2) is 30.6 Å². The van der Waals surface area contributed by atoms with Gasteiger partial charge in [0.25, 0.3) is 0 Å². The van der Waals surface area contributed by atoms with Crippen LogP contribution in [0.4, 0.5) is 5.82 Å². The lowest BCUT2D eigenvalue weighted by molar-refractivity contribution is -0.141. The second-order valence-corrected chi connectivity index (χ2v) is 9.01. The topological polar surface area (TPSA) is 82.5 Å². The number of piperidine rings is 2. The van der Waals surface area contributed by atoms with Crippen molar-refractivity contribution in [2.24, 2.45) is 5.92 Å². The molecule has 0 radical (unpaired) electrons. The van der Waals surface area contributed by atoms with Crippen LogP contribution >= 0.6 is 0 Å². The van der Waals surface area contributed by atoms with E-state index < -0.39 is 0 Å². The average molecular weight is 437 g/mol. The van der Waals surface area contributed by atoms with Gasteiger partial charge in [0.2, 0.25) is 11.8 Å². The molecule has 2 aliphatic rings. The van der Waals surface area contributed by atoms with Gasteiger partial charge in [-0.1, -0.05) is 0 Å². The van der Waals surface area contributed by atoms with Crippen molar-refractivity contribution in [3.8, 4) is 11.4 Å². The minimum absolute atomic E-state index is 0.0121. The fraction of sp³-hybridized carbons (Fsp3) is 0.542. The van der Waals surface area contributed by atoms with Gasteiger partial charge in [0.15, 0.2) is 5.82 Å². The summed E-state index contributed by atoms with van der Waals surface area (Å²) in [6.45, 7) is 4.43. The smallest absolute Gasteiger partial charge is 0.225 e. The summed E-state index contributed by atoms with van der Waals surface area (Å²) in [7, 11) is 3.95. The molecule has 2 aromatic rings. The first kappa shape index (κ1) is 22.2. The molecule has 2 saturated heterocycles. The lowest BCUT2D eigenvalue weighted by Crippen LogP contribution is -2.46. The van der Waals surface area contributed by atoms with Gasteiger partial charge in [0.1, 0.15) is 5.82 Å². The Morgan fingerprint density at radius 3 is 2.50 bits per heavy atom. The summed E-state index contributed by atoms with van der Waals surface area (Å²) in [6, 6.07) is 5.90. The Balaban J connectivity index is 1.51. The van der Waals surface area contributed by atoms with Crippen molar-refractivity contribution in [3.05, 3.63) is 36.3 Å². The zero-order chi connectivity index (χ0) is 22.7. The SMILES string of the molecule is CC(=O)N1CCC(C(=O)N2CCC[C@@H](c3cc(N(C)C)nc(-c4cccnc4)n3)C2)CC1. The van der Waals surface area contributed by atoms with E-state index >= 15 is 0 Å². The Bertz CT molecular complexity index is 956. The molecule has 8 heteroatoms. The maximum Gasteiger partial charge on any atom is 0.225 e. The van der Waals surface area contributed by atoms with Crippen LogP contribution in [0.5, 0.6) is 0 Å². The highest BCUT2D eigenvalue weighted by molar-refractivity contribution is 5.80.